The van der Waals surface area contributed by atoms with Gasteiger partial charge in [0.05, 0.1) is 15.6 Å². The number of amides is 1. The third-order valence-corrected chi connectivity index (χ3v) is 4.09. The summed E-state index contributed by atoms with van der Waals surface area (Å²) < 4.78 is 0. The Morgan fingerprint density at radius 3 is 2.79 bits per heavy atom. The number of aromatic nitrogens is 1. The number of halogens is 3. The molecule has 1 aromatic heterocycles. The molecule has 0 bridgehead atoms. The molecule has 0 saturated carbocycles. The Labute approximate surface area is 126 Å². The average Bonchev–Trinajstić information content (AvgIpc) is 2.72. The maximum atomic E-state index is 11.1. The van der Waals surface area contributed by atoms with Crippen molar-refractivity contribution in [3.63, 3.8) is 0 Å². The van der Waals surface area contributed by atoms with Crippen LogP contribution in [-0.4, -0.2) is 23.3 Å². The number of benzene rings is 1. The highest BCUT2D eigenvalue weighted by molar-refractivity contribution is 6.45. The number of rotatable bonds is 4. The first-order valence-corrected chi connectivity index (χ1v) is 7.11. The van der Waals surface area contributed by atoms with E-state index in [1.165, 1.54) is 0 Å². The van der Waals surface area contributed by atoms with Crippen LogP contribution in [0.15, 0.2) is 12.1 Å². The highest BCUT2D eigenvalue weighted by Crippen LogP contribution is 2.33. The number of hydrogen-bond acceptors (Lipinski definition) is 1. The molecule has 0 aliphatic rings. The SMILES string of the molecule is Cc1c(CCNC(=O)CCl)[nH]c2c(Cl)c(Cl)ccc12. The van der Waals surface area contributed by atoms with Gasteiger partial charge in [-0.1, -0.05) is 29.3 Å². The third kappa shape index (κ3) is 2.99. The minimum atomic E-state index is -0.170. The zero-order chi connectivity index (χ0) is 14.0. The molecule has 1 aromatic carbocycles. The summed E-state index contributed by atoms with van der Waals surface area (Å²) in [5, 5.41) is 4.83. The lowest BCUT2D eigenvalue weighted by Gasteiger charge is -2.02. The smallest absolute Gasteiger partial charge is 0.234 e. The van der Waals surface area contributed by atoms with Gasteiger partial charge in [-0.2, -0.15) is 0 Å². The van der Waals surface area contributed by atoms with Crippen molar-refractivity contribution in [2.24, 2.45) is 0 Å². The van der Waals surface area contributed by atoms with Crippen molar-refractivity contribution in [1.29, 1.82) is 0 Å². The maximum absolute atomic E-state index is 11.1. The summed E-state index contributed by atoms with van der Waals surface area (Å²) in [6.07, 6.45) is 0.692. The number of aromatic amines is 1. The number of carbonyl (C=O) groups is 1. The summed E-state index contributed by atoms with van der Waals surface area (Å²) in [7, 11) is 0. The van der Waals surface area contributed by atoms with E-state index in [0.717, 1.165) is 22.2 Å². The van der Waals surface area contributed by atoms with Crippen LogP contribution in [0, 0.1) is 6.92 Å². The normalized spacial score (nSPS) is 10.9. The van der Waals surface area contributed by atoms with E-state index in [-0.39, 0.29) is 11.8 Å². The minimum Gasteiger partial charge on any atom is -0.357 e. The predicted molar refractivity (Wildman–Crippen MR) is 80.5 cm³/mol. The van der Waals surface area contributed by atoms with Crippen molar-refractivity contribution >= 4 is 51.6 Å². The lowest BCUT2D eigenvalue weighted by Crippen LogP contribution is -2.26. The molecule has 1 heterocycles. The fourth-order valence-corrected chi connectivity index (χ4v) is 2.48. The molecule has 3 nitrogen and oxygen atoms in total. The minimum absolute atomic E-state index is 0.0207. The molecule has 19 heavy (non-hydrogen) atoms. The zero-order valence-electron chi connectivity index (χ0n) is 10.3. The van der Waals surface area contributed by atoms with Gasteiger partial charge < -0.3 is 10.3 Å². The number of nitrogens with one attached hydrogen (secondary N) is 2. The second-order valence-electron chi connectivity index (χ2n) is 4.25. The number of alkyl halides is 1. The summed E-state index contributed by atoms with van der Waals surface area (Å²) >= 11 is 17.6. The standard InChI is InChI=1S/C13H13Cl3N2O/c1-7-8-2-3-9(15)12(16)13(8)18-10(7)4-5-17-11(19)6-14/h2-3,18H,4-6H2,1H3,(H,17,19). The summed E-state index contributed by atoms with van der Waals surface area (Å²) in [4.78, 5) is 14.3. The van der Waals surface area contributed by atoms with Gasteiger partial charge in [-0.05, 0) is 18.6 Å². The molecular weight excluding hydrogens is 307 g/mol. The molecule has 0 aliphatic carbocycles. The first kappa shape index (κ1) is 14.5. The summed E-state index contributed by atoms with van der Waals surface area (Å²) in [5.41, 5.74) is 2.99. The Bertz CT molecular complexity index is 622. The fourth-order valence-electron chi connectivity index (χ4n) is 2.02. The van der Waals surface area contributed by atoms with Crippen LogP contribution < -0.4 is 5.32 Å². The maximum Gasteiger partial charge on any atom is 0.234 e. The fraction of sp³-hybridized carbons (Fsp3) is 0.308. The molecule has 0 fully saturated rings. The van der Waals surface area contributed by atoms with Crippen LogP contribution in [0.25, 0.3) is 10.9 Å². The molecule has 0 atom stereocenters. The van der Waals surface area contributed by atoms with Crippen LogP contribution in [0.3, 0.4) is 0 Å². The topological polar surface area (TPSA) is 44.9 Å². The molecule has 2 aromatic rings. The molecular formula is C13H13Cl3N2O. The van der Waals surface area contributed by atoms with Crippen LogP contribution in [0.5, 0.6) is 0 Å². The number of aryl methyl sites for hydroxylation is 1. The summed E-state index contributed by atoms with van der Waals surface area (Å²) in [6.45, 7) is 2.55. The van der Waals surface area contributed by atoms with Gasteiger partial charge in [0.15, 0.2) is 0 Å². The number of hydrogen-bond donors (Lipinski definition) is 2. The van der Waals surface area contributed by atoms with E-state index in [9.17, 15) is 4.79 Å². The molecule has 102 valence electrons. The van der Waals surface area contributed by atoms with Crippen LogP contribution in [0.4, 0.5) is 0 Å². The third-order valence-electron chi connectivity index (χ3n) is 3.05. The van der Waals surface area contributed by atoms with Gasteiger partial charge in [0, 0.05) is 24.0 Å². The largest absolute Gasteiger partial charge is 0.357 e. The van der Waals surface area contributed by atoms with Crippen molar-refractivity contribution in [2.45, 2.75) is 13.3 Å². The highest BCUT2D eigenvalue weighted by atomic mass is 35.5. The van der Waals surface area contributed by atoms with E-state index in [4.69, 9.17) is 34.8 Å². The lowest BCUT2D eigenvalue weighted by molar-refractivity contribution is -0.118. The highest BCUT2D eigenvalue weighted by Gasteiger charge is 2.12. The van der Waals surface area contributed by atoms with E-state index < -0.39 is 0 Å². The predicted octanol–water partition coefficient (Wildman–Crippen LogP) is 3.68. The van der Waals surface area contributed by atoms with Gasteiger partial charge in [-0.3, -0.25) is 4.79 Å². The lowest BCUT2D eigenvalue weighted by atomic mass is 10.1. The van der Waals surface area contributed by atoms with E-state index >= 15 is 0 Å². The molecule has 2 rings (SSSR count). The summed E-state index contributed by atoms with van der Waals surface area (Å²) in [6, 6.07) is 3.72. The number of carbonyl (C=O) groups excluding carboxylic acids is 1. The zero-order valence-corrected chi connectivity index (χ0v) is 12.6. The molecule has 0 unspecified atom stereocenters. The second kappa shape index (κ2) is 6.04. The van der Waals surface area contributed by atoms with Crippen molar-refractivity contribution < 1.29 is 4.79 Å². The van der Waals surface area contributed by atoms with Crippen LogP contribution in [0.2, 0.25) is 10.0 Å². The summed E-state index contributed by atoms with van der Waals surface area (Å²) in [5.74, 6) is -0.191. The Kier molecular flexibility index (Phi) is 4.61. The van der Waals surface area contributed by atoms with Crippen LogP contribution in [-0.2, 0) is 11.2 Å². The van der Waals surface area contributed by atoms with Gasteiger partial charge in [0.25, 0.3) is 0 Å². The molecule has 1 amide bonds. The van der Waals surface area contributed by atoms with Gasteiger partial charge in [-0.15, -0.1) is 11.6 Å². The molecule has 0 aliphatic heterocycles. The van der Waals surface area contributed by atoms with Gasteiger partial charge in [-0.25, -0.2) is 0 Å². The van der Waals surface area contributed by atoms with E-state index in [0.29, 0.717) is 23.0 Å². The van der Waals surface area contributed by atoms with Crippen molar-refractivity contribution in [3.8, 4) is 0 Å². The Balaban J connectivity index is 2.23. The quantitative estimate of drug-likeness (QED) is 0.830. The van der Waals surface area contributed by atoms with Crippen molar-refractivity contribution in [2.75, 3.05) is 12.4 Å². The number of fused-ring (bicyclic) bond motifs is 1. The Hall–Kier alpha value is -0.900. The Morgan fingerprint density at radius 2 is 2.11 bits per heavy atom. The molecule has 6 heteroatoms. The Morgan fingerprint density at radius 1 is 1.37 bits per heavy atom. The van der Waals surface area contributed by atoms with Gasteiger partial charge >= 0.3 is 0 Å². The van der Waals surface area contributed by atoms with E-state index in [2.05, 4.69) is 10.3 Å². The van der Waals surface area contributed by atoms with E-state index in [1.54, 1.807) is 6.07 Å². The van der Waals surface area contributed by atoms with Crippen molar-refractivity contribution in [1.82, 2.24) is 10.3 Å². The second-order valence-corrected chi connectivity index (χ2v) is 5.30. The van der Waals surface area contributed by atoms with Crippen LogP contribution in [0.1, 0.15) is 11.3 Å². The first-order valence-electron chi connectivity index (χ1n) is 5.82. The van der Waals surface area contributed by atoms with E-state index in [1.807, 2.05) is 13.0 Å². The van der Waals surface area contributed by atoms with Crippen LogP contribution >= 0.6 is 34.8 Å². The molecule has 2 N–H and O–H groups in total. The average molecular weight is 320 g/mol. The van der Waals surface area contributed by atoms with Crippen molar-refractivity contribution in [3.05, 3.63) is 33.4 Å². The molecule has 0 saturated heterocycles. The van der Waals surface area contributed by atoms with Gasteiger partial charge in [0.2, 0.25) is 5.91 Å². The number of H-pyrrole nitrogens is 1. The van der Waals surface area contributed by atoms with Gasteiger partial charge in [0.1, 0.15) is 5.88 Å². The molecule has 0 spiro atoms. The first-order chi connectivity index (χ1) is 9.04. The monoisotopic (exact) mass is 318 g/mol. The molecule has 0 radical (unpaired) electrons.